The molecule has 1 heterocycles. The summed E-state index contributed by atoms with van der Waals surface area (Å²) in [5.74, 6) is 0. The number of benzene rings is 11. The quantitative estimate of drug-likeness (QED) is 0.146. The summed E-state index contributed by atoms with van der Waals surface area (Å²) in [6.45, 7) is 2.24. The van der Waals surface area contributed by atoms with E-state index in [0.29, 0.717) is 0 Å². The normalized spacial score (nSPS) is 11.6. The van der Waals surface area contributed by atoms with Gasteiger partial charge < -0.3 is 9.47 Å². The molecule has 0 spiro atoms. The number of para-hydroxylation sites is 3. The van der Waals surface area contributed by atoms with Crippen molar-refractivity contribution >= 4 is 71.2 Å². The Bertz CT molecular complexity index is 3710. The minimum atomic E-state index is 1.11. The van der Waals surface area contributed by atoms with Crippen LogP contribution in [0, 0.1) is 6.92 Å². The molecular weight excluding hydrogens is 761 g/mol. The van der Waals surface area contributed by atoms with Gasteiger partial charge in [0.05, 0.1) is 16.7 Å². The summed E-state index contributed by atoms with van der Waals surface area (Å²) in [5, 5.41) is 9.99. The molecular formula is C61H42N2. The lowest BCUT2D eigenvalue weighted by Gasteiger charge is -2.29. The summed E-state index contributed by atoms with van der Waals surface area (Å²) >= 11 is 0. The minimum absolute atomic E-state index is 1.11. The molecule has 0 unspecified atom stereocenters. The van der Waals surface area contributed by atoms with Gasteiger partial charge in [0, 0.05) is 33.4 Å². The van der Waals surface area contributed by atoms with Crippen molar-refractivity contribution in [3.8, 4) is 39.1 Å². The third kappa shape index (κ3) is 6.26. The second kappa shape index (κ2) is 15.1. The number of hydrogen-bond donors (Lipinski definition) is 0. The van der Waals surface area contributed by atoms with Crippen LogP contribution in [0.3, 0.4) is 0 Å². The second-order valence-corrected chi connectivity index (χ2v) is 16.6. The van der Waals surface area contributed by atoms with E-state index in [1.807, 2.05) is 0 Å². The molecule has 0 amide bonds. The summed E-state index contributed by atoms with van der Waals surface area (Å²) in [7, 11) is 0. The summed E-state index contributed by atoms with van der Waals surface area (Å²) in [4.78, 5) is 2.45. The third-order valence-electron chi connectivity index (χ3n) is 12.9. The molecule has 0 N–H and O–H groups in total. The van der Waals surface area contributed by atoms with Crippen LogP contribution < -0.4 is 4.90 Å². The lowest BCUT2D eigenvalue weighted by Crippen LogP contribution is -2.11. The van der Waals surface area contributed by atoms with Gasteiger partial charge in [0.1, 0.15) is 0 Å². The van der Waals surface area contributed by atoms with Gasteiger partial charge >= 0.3 is 0 Å². The number of anilines is 3. The highest BCUT2D eigenvalue weighted by Crippen LogP contribution is 2.45. The van der Waals surface area contributed by atoms with Crippen molar-refractivity contribution < 1.29 is 0 Å². The maximum absolute atomic E-state index is 2.45. The highest BCUT2D eigenvalue weighted by Gasteiger charge is 2.21. The Morgan fingerprint density at radius 2 is 0.937 bits per heavy atom. The average Bonchev–Trinajstić information content (AvgIpc) is 3.69. The Labute approximate surface area is 367 Å². The van der Waals surface area contributed by atoms with E-state index in [4.69, 9.17) is 0 Å². The van der Waals surface area contributed by atoms with Crippen molar-refractivity contribution in [3.63, 3.8) is 0 Å². The van der Waals surface area contributed by atoms with E-state index < -0.39 is 0 Å². The fraction of sp³-hybridized carbons (Fsp3) is 0.0164. The maximum Gasteiger partial charge on any atom is 0.0547 e. The van der Waals surface area contributed by atoms with E-state index in [1.54, 1.807) is 0 Å². The van der Waals surface area contributed by atoms with Gasteiger partial charge in [0.2, 0.25) is 0 Å². The van der Waals surface area contributed by atoms with E-state index in [0.717, 1.165) is 33.9 Å². The maximum atomic E-state index is 2.45. The molecule has 12 aromatic rings. The smallest absolute Gasteiger partial charge is 0.0547 e. The van der Waals surface area contributed by atoms with Crippen molar-refractivity contribution in [1.29, 1.82) is 0 Å². The van der Waals surface area contributed by atoms with Crippen LogP contribution in [0.2, 0.25) is 0 Å². The molecule has 0 saturated carbocycles. The first-order valence-corrected chi connectivity index (χ1v) is 21.8. The molecule has 2 heteroatoms. The van der Waals surface area contributed by atoms with Crippen molar-refractivity contribution in [1.82, 2.24) is 4.57 Å². The molecule has 0 saturated heterocycles. The summed E-state index contributed by atoms with van der Waals surface area (Å²) < 4.78 is 2.39. The third-order valence-corrected chi connectivity index (χ3v) is 12.9. The molecule has 296 valence electrons. The van der Waals surface area contributed by atoms with Crippen molar-refractivity contribution in [2.45, 2.75) is 6.92 Å². The Morgan fingerprint density at radius 1 is 0.333 bits per heavy atom. The monoisotopic (exact) mass is 802 g/mol. The molecule has 0 fully saturated rings. The Hall–Kier alpha value is -8.20. The first-order valence-electron chi connectivity index (χ1n) is 21.8. The Morgan fingerprint density at radius 3 is 1.81 bits per heavy atom. The number of aromatic nitrogens is 1. The molecule has 0 atom stereocenters. The summed E-state index contributed by atoms with van der Waals surface area (Å²) in [6, 6.07) is 86.6. The zero-order chi connectivity index (χ0) is 41.9. The van der Waals surface area contributed by atoms with Crippen LogP contribution in [-0.4, -0.2) is 4.57 Å². The van der Waals surface area contributed by atoms with Gasteiger partial charge in [0.15, 0.2) is 0 Å². The van der Waals surface area contributed by atoms with Gasteiger partial charge in [-0.2, -0.15) is 0 Å². The first-order chi connectivity index (χ1) is 31.2. The van der Waals surface area contributed by atoms with Gasteiger partial charge in [-0.1, -0.05) is 170 Å². The Balaban J connectivity index is 1.03. The molecule has 0 aliphatic carbocycles. The molecule has 0 bridgehead atoms. The fourth-order valence-electron chi connectivity index (χ4n) is 9.92. The van der Waals surface area contributed by atoms with E-state index >= 15 is 0 Å². The number of aryl methyl sites for hydroxylation is 1. The highest BCUT2D eigenvalue weighted by molar-refractivity contribution is 6.16. The molecule has 11 aromatic carbocycles. The van der Waals surface area contributed by atoms with E-state index in [2.05, 4.69) is 253 Å². The van der Waals surface area contributed by atoms with Crippen LogP contribution in [0.25, 0.3) is 93.2 Å². The number of fused-ring (bicyclic) bond motifs is 7. The SMILES string of the molecule is Cc1cc(N(c2ccc3c(ccc4ccccc43)c2)c2ccccc2-c2cccc(-c3cccc4c3c3ccccc3n4-c3ccccc3)c2)ccc1-c1ccc2ccccc2c1. The van der Waals surface area contributed by atoms with Gasteiger partial charge in [-0.25, -0.2) is 0 Å². The predicted molar refractivity (Wildman–Crippen MR) is 269 cm³/mol. The van der Waals surface area contributed by atoms with Crippen LogP contribution in [0.4, 0.5) is 17.1 Å². The van der Waals surface area contributed by atoms with Gasteiger partial charge in [-0.05, 0) is 139 Å². The van der Waals surface area contributed by atoms with E-state index in [-0.39, 0.29) is 0 Å². The molecule has 0 aliphatic rings. The first kappa shape index (κ1) is 36.6. The highest BCUT2D eigenvalue weighted by atomic mass is 15.1. The number of hydrogen-bond acceptors (Lipinski definition) is 1. The Kier molecular flexibility index (Phi) is 8.76. The number of nitrogens with zero attached hydrogens (tertiary/aromatic N) is 2. The van der Waals surface area contributed by atoms with E-state index in [1.165, 1.54) is 81.9 Å². The molecule has 63 heavy (non-hydrogen) atoms. The van der Waals surface area contributed by atoms with Crippen LogP contribution in [0.1, 0.15) is 5.56 Å². The average molecular weight is 803 g/mol. The predicted octanol–water partition coefficient (Wildman–Crippen LogP) is 17.0. The molecule has 0 aliphatic heterocycles. The zero-order valence-electron chi connectivity index (χ0n) is 34.9. The number of rotatable bonds is 7. The standard InChI is InChI=1S/C61H42N2/c1-41-37-50(33-35-52(41)47-31-29-42-15-5-6-17-44(42)38-47)62(51-34-36-54-48(40-51)32-30-43-16-7-8-22-53(43)54)58-26-11-9-23-55(58)45-18-13-19-46(39-45)56-25-14-28-60-61(56)57-24-10-12-27-59(57)63(60)49-20-3-2-4-21-49/h2-40H,1H3. The van der Waals surface area contributed by atoms with Crippen molar-refractivity contribution in [3.05, 3.63) is 242 Å². The van der Waals surface area contributed by atoms with Crippen LogP contribution in [-0.2, 0) is 0 Å². The van der Waals surface area contributed by atoms with Gasteiger partial charge in [0.25, 0.3) is 0 Å². The molecule has 1 aromatic heterocycles. The lowest BCUT2D eigenvalue weighted by molar-refractivity contribution is 1.18. The summed E-state index contributed by atoms with van der Waals surface area (Å²) in [5.41, 5.74) is 15.3. The summed E-state index contributed by atoms with van der Waals surface area (Å²) in [6.07, 6.45) is 0. The van der Waals surface area contributed by atoms with Gasteiger partial charge in [-0.15, -0.1) is 0 Å². The largest absolute Gasteiger partial charge is 0.310 e. The van der Waals surface area contributed by atoms with Crippen molar-refractivity contribution in [2.24, 2.45) is 0 Å². The van der Waals surface area contributed by atoms with Crippen LogP contribution in [0.15, 0.2) is 237 Å². The minimum Gasteiger partial charge on any atom is -0.310 e. The molecule has 12 rings (SSSR count). The van der Waals surface area contributed by atoms with Crippen molar-refractivity contribution in [2.75, 3.05) is 4.90 Å². The topological polar surface area (TPSA) is 8.17 Å². The fourth-order valence-corrected chi connectivity index (χ4v) is 9.92. The van der Waals surface area contributed by atoms with E-state index in [9.17, 15) is 0 Å². The zero-order valence-corrected chi connectivity index (χ0v) is 34.9. The lowest BCUT2D eigenvalue weighted by atomic mass is 9.94. The second-order valence-electron chi connectivity index (χ2n) is 16.6. The molecule has 0 radical (unpaired) electrons. The van der Waals surface area contributed by atoms with Gasteiger partial charge in [-0.3, -0.25) is 0 Å². The molecule has 2 nitrogen and oxygen atoms in total. The van der Waals surface area contributed by atoms with Crippen LogP contribution in [0.5, 0.6) is 0 Å². The van der Waals surface area contributed by atoms with Crippen LogP contribution >= 0.6 is 0 Å².